The van der Waals surface area contributed by atoms with E-state index in [1.807, 2.05) is 18.2 Å². The molecule has 94 valence electrons. The highest BCUT2D eigenvalue weighted by atomic mass is 35.5. The van der Waals surface area contributed by atoms with Crippen molar-refractivity contribution in [2.45, 2.75) is 24.6 Å². The second kappa shape index (κ2) is 5.11. The Morgan fingerprint density at radius 3 is 3.00 bits per heavy atom. The van der Waals surface area contributed by atoms with Gasteiger partial charge < -0.3 is 5.32 Å². The van der Waals surface area contributed by atoms with Crippen molar-refractivity contribution in [3.05, 3.63) is 30.5 Å². The Kier molecular flexibility index (Phi) is 3.33. The first-order chi connectivity index (χ1) is 8.84. The molecule has 1 aromatic heterocycles. The maximum absolute atomic E-state index is 6.29. The molecule has 1 fully saturated rings. The Labute approximate surface area is 112 Å². The van der Waals surface area contributed by atoms with Crippen molar-refractivity contribution in [3.8, 4) is 0 Å². The number of hydrogen-bond donors (Lipinski definition) is 1. The van der Waals surface area contributed by atoms with Crippen molar-refractivity contribution in [3.63, 3.8) is 0 Å². The largest absolute Gasteiger partial charge is 0.383 e. The monoisotopic (exact) mass is 261 g/mol. The molecule has 2 aromatic rings. The summed E-state index contributed by atoms with van der Waals surface area (Å²) in [6, 6.07) is 8.05. The van der Waals surface area contributed by atoms with E-state index in [0.29, 0.717) is 11.3 Å². The normalized spacial score (nSPS) is 23.4. The van der Waals surface area contributed by atoms with Gasteiger partial charge in [0.25, 0.3) is 0 Å². The first-order valence-electron chi connectivity index (χ1n) is 6.43. The Morgan fingerprint density at radius 2 is 2.17 bits per heavy atom. The Bertz CT molecular complexity index is 538. The first kappa shape index (κ1) is 11.7. The van der Waals surface area contributed by atoms with Crippen LogP contribution in [0.2, 0.25) is 0 Å². The van der Waals surface area contributed by atoms with Crippen molar-refractivity contribution in [2.75, 3.05) is 11.9 Å². The van der Waals surface area contributed by atoms with Crippen LogP contribution in [0.25, 0.3) is 10.9 Å². The number of benzene rings is 1. The van der Waals surface area contributed by atoms with Gasteiger partial charge in [-0.25, -0.2) is 0 Å². The van der Waals surface area contributed by atoms with Crippen LogP contribution in [0, 0.1) is 5.92 Å². The minimum atomic E-state index is 0.318. The first-order valence-corrected chi connectivity index (χ1v) is 6.86. The summed E-state index contributed by atoms with van der Waals surface area (Å²) in [5, 5.41) is 13.1. The van der Waals surface area contributed by atoms with Crippen molar-refractivity contribution in [1.82, 2.24) is 10.2 Å². The molecule has 1 N–H and O–H groups in total. The summed E-state index contributed by atoms with van der Waals surface area (Å²) in [4.78, 5) is 0. The van der Waals surface area contributed by atoms with E-state index in [2.05, 4.69) is 21.6 Å². The van der Waals surface area contributed by atoms with Gasteiger partial charge in [-0.15, -0.1) is 11.6 Å². The number of fused-ring (bicyclic) bond motifs is 1. The molecule has 1 saturated carbocycles. The lowest BCUT2D eigenvalue weighted by molar-refractivity contribution is 0.586. The maximum Gasteiger partial charge on any atom is 0.0950 e. The third-order valence-corrected chi connectivity index (χ3v) is 4.24. The van der Waals surface area contributed by atoms with E-state index in [1.165, 1.54) is 12.8 Å². The number of nitrogens with zero attached hydrogens (tertiary/aromatic N) is 2. The van der Waals surface area contributed by atoms with Crippen LogP contribution < -0.4 is 5.32 Å². The van der Waals surface area contributed by atoms with Crippen LogP contribution in [0.15, 0.2) is 30.5 Å². The van der Waals surface area contributed by atoms with Crippen molar-refractivity contribution in [1.29, 1.82) is 0 Å². The lowest BCUT2D eigenvalue weighted by Gasteiger charge is -2.16. The van der Waals surface area contributed by atoms with E-state index in [1.54, 1.807) is 6.20 Å². The number of alkyl halides is 1. The van der Waals surface area contributed by atoms with E-state index in [-0.39, 0.29) is 0 Å². The molecule has 2 atom stereocenters. The van der Waals surface area contributed by atoms with Crippen LogP contribution in [0.3, 0.4) is 0 Å². The molecule has 0 radical (unpaired) electrons. The maximum atomic E-state index is 6.29. The van der Waals surface area contributed by atoms with Crippen LogP contribution in [0.5, 0.6) is 0 Å². The molecule has 18 heavy (non-hydrogen) atoms. The molecular weight excluding hydrogens is 246 g/mol. The highest BCUT2D eigenvalue weighted by Crippen LogP contribution is 2.30. The zero-order valence-corrected chi connectivity index (χ0v) is 10.9. The molecule has 2 unspecified atom stereocenters. The molecule has 0 saturated heterocycles. The van der Waals surface area contributed by atoms with Crippen LogP contribution >= 0.6 is 11.6 Å². The lowest BCUT2D eigenvalue weighted by Crippen LogP contribution is -2.18. The molecule has 3 rings (SSSR count). The second-order valence-corrected chi connectivity index (χ2v) is 5.42. The van der Waals surface area contributed by atoms with Gasteiger partial charge >= 0.3 is 0 Å². The number of hydrogen-bond acceptors (Lipinski definition) is 3. The predicted molar refractivity (Wildman–Crippen MR) is 75.0 cm³/mol. The van der Waals surface area contributed by atoms with Crippen molar-refractivity contribution >= 4 is 28.2 Å². The molecular formula is C14H16ClN3. The van der Waals surface area contributed by atoms with Gasteiger partial charge in [0.05, 0.1) is 17.4 Å². The summed E-state index contributed by atoms with van der Waals surface area (Å²) >= 11 is 6.29. The van der Waals surface area contributed by atoms with E-state index in [9.17, 15) is 0 Å². The van der Waals surface area contributed by atoms with Gasteiger partial charge in [-0.2, -0.15) is 10.2 Å². The third-order valence-electron chi connectivity index (χ3n) is 3.67. The summed E-state index contributed by atoms with van der Waals surface area (Å²) in [6.45, 7) is 0.920. The average molecular weight is 262 g/mol. The summed E-state index contributed by atoms with van der Waals surface area (Å²) in [6.07, 6.45) is 5.40. The zero-order chi connectivity index (χ0) is 12.4. The molecule has 0 aliphatic heterocycles. The predicted octanol–water partition coefficient (Wildman–Crippen LogP) is 3.45. The fourth-order valence-electron chi connectivity index (χ4n) is 2.61. The van der Waals surface area contributed by atoms with Crippen LogP contribution in [0.1, 0.15) is 19.3 Å². The van der Waals surface area contributed by atoms with Crippen molar-refractivity contribution < 1.29 is 0 Å². The Morgan fingerprint density at radius 1 is 1.28 bits per heavy atom. The van der Waals surface area contributed by atoms with Gasteiger partial charge in [-0.05, 0) is 24.8 Å². The summed E-state index contributed by atoms with van der Waals surface area (Å²) in [5.74, 6) is 0.568. The molecule has 0 bridgehead atoms. The number of nitrogens with one attached hydrogen (secondary N) is 1. The number of rotatable bonds is 3. The molecule has 3 nitrogen and oxygen atoms in total. The molecule has 1 aromatic carbocycles. The summed E-state index contributed by atoms with van der Waals surface area (Å²) < 4.78 is 0. The number of aromatic nitrogens is 2. The standard InChI is InChI=1S/C14H16ClN3/c15-12-6-3-4-10(12)8-16-14-9-17-18-13-7-2-1-5-11(13)14/h1-2,5,7,9-10,12H,3-4,6,8H2,(H,16,18). The molecule has 0 spiro atoms. The van der Waals surface area contributed by atoms with Crippen LogP contribution in [-0.4, -0.2) is 22.1 Å². The van der Waals surface area contributed by atoms with E-state index in [4.69, 9.17) is 11.6 Å². The van der Waals surface area contributed by atoms with Gasteiger partial charge in [-0.3, -0.25) is 0 Å². The molecule has 1 aliphatic carbocycles. The number of halogens is 1. The van der Waals surface area contributed by atoms with E-state index < -0.39 is 0 Å². The quantitative estimate of drug-likeness (QED) is 0.860. The lowest BCUT2D eigenvalue weighted by atomic mass is 10.1. The van der Waals surface area contributed by atoms with Crippen molar-refractivity contribution in [2.24, 2.45) is 5.92 Å². The topological polar surface area (TPSA) is 37.8 Å². The average Bonchev–Trinajstić information content (AvgIpc) is 2.82. The Hall–Kier alpha value is -1.35. The highest BCUT2D eigenvalue weighted by Gasteiger charge is 2.24. The SMILES string of the molecule is ClC1CCCC1CNc1cnnc2ccccc12. The van der Waals surface area contributed by atoms with Gasteiger partial charge in [0.1, 0.15) is 0 Å². The second-order valence-electron chi connectivity index (χ2n) is 4.86. The van der Waals surface area contributed by atoms with Gasteiger partial charge in [0.15, 0.2) is 0 Å². The van der Waals surface area contributed by atoms with Crippen LogP contribution in [-0.2, 0) is 0 Å². The van der Waals surface area contributed by atoms with Crippen LogP contribution in [0.4, 0.5) is 5.69 Å². The fraction of sp³-hybridized carbons (Fsp3) is 0.429. The molecule has 1 aliphatic rings. The number of anilines is 1. The van der Waals surface area contributed by atoms with Gasteiger partial charge in [0, 0.05) is 17.3 Å². The van der Waals surface area contributed by atoms with E-state index >= 15 is 0 Å². The molecule has 4 heteroatoms. The summed E-state index contributed by atoms with van der Waals surface area (Å²) in [7, 11) is 0. The molecule has 1 heterocycles. The smallest absolute Gasteiger partial charge is 0.0950 e. The summed E-state index contributed by atoms with van der Waals surface area (Å²) in [5.41, 5.74) is 1.98. The minimum absolute atomic E-state index is 0.318. The van der Waals surface area contributed by atoms with Gasteiger partial charge in [-0.1, -0.05) is 24.6 Å². The molecule has 0 amide bonds. The van der Waals surface area contributed by atoms with Gasteiger partial charge in [0.2, 0.25) is 0 Å². The Balaban J connectivity index is 1.78. The zero-order valence-electron chi connectivity index (χ0n) is 10.1. The highest BCUT2D eigenvalue weighted by molar-refractivity contribution is 6.21. The minimum Gasteiger partial charge on any atom is -0.383 e. The third kappa shape index (κ3) is 2.27. The van der Waals surface area contributed by atoms with E-state index in [0.717, 1.165) is 29.6 Å². The fourth-order valence-corrected chi connectivity index (χ4v) is 2.98.